The van der Waals surface area contributed by atoms with Gasteiger partial charge in [0.25, 0.3) is 0 Å². The molecule has 4 heteroatoms. The van der Waals surface area contributed by atoms with Gasteiger partial charge in [-0.1, -0.05) is 34.1 Å². The predicted molar refractivity (Wildman–Crippen MR) is 73.8 cm³/mol. The Bertz CT molecular complexity index is 531. The van der Waals surface area contributed by atoms with Gasteiger partial charge in [0, 0.05) is 29.2 Å². The normalized spacial score (nSPS) is 10.8. The molecule has 0 spiro atoms. The van der Waals surface area contributed by atoms with Gasteiger partial charge in [0.05, 0.1) is 5.69 Å². The summed E-state index contributed by atoms with van der Waals surface area (Å²) in [5.74, 6) is 0.985. The van der Waals surface area contributed by atoms with Gasteiger partial charge in [0.1, 0.15) is 5.82 Å². The number of benzene rings is 1. The Labute approximate surface area is 110 Å². The molecule has 0 aliphatic heterocycles. The summed E-state index contributed by atoms with van der Waals surface area (Å²) in [5.41, 5.74) is 9.00. The summed E-state index contributed by atoms with van der Waals surface area (Å²) in [5, 5.41) is 0. The first kappa shape index (κ1) is 12.3. The van der Waals surface area contributed by atoms with E-state index in [0.717, 1.165) is 28.0 Å². The molecule has 0 fully saturated rings. The van der Waals surface area contributed by atoms with Crippen LogP contribution < -0.4 is 5.73 Å². The second kappa shape index (κ2) is 5.02. The van der Waals surface area contributed by atoms with Crippen LogP contribution in [0.15, 0.2) is 28.7 Å². The van der Waals surface area contributed by atoms with Crippen LogP contribution in [0.1, 0.15) is 11.4 Å². The molecule has 3 nitrogen and oxygen atoms in total. The van der Waals surface area contributed by atoms with Crippen LogP contribution in [0, 0.1) is 6.92 Å². The zero-order valence-corrected chi connectivity index (χ0v) is 11.7. The number of hydrogen-bond acceptors (Lipinski definition) is 2. The smallest absolute Gasteiger partial charge is 0.141 e. The Morgan fingerprint density at radius 1 is 1.35 bits per heavy atom. The fourth-order valence-corrected chi connectivity index (χ4v) is 2.50. The zero-order valence-electron chi connectivity index (χ0n) is 10.1. The van der Waals surface area contributed by atoms with Crippen molar-refractivity contribution in [3.05, 3.63) is 40.1 Å². The second-order valence-electron chi connectivity index (χ2n) is 4.05. The number of nitrogens with two attached hydrogens (primary N) is 1. The quantitative estimate of drug-likeness (QED) is 0.945. The van der Waals surface area contributed by atoms with E-state index in [1.54, 1.807) is 0 Å². The lowest BCUT2D eigenvalue weighted by Crippen LogP contribution is -2.08. The minimum Gasteiger partial charge on any atom is -0.331 e. The van der Waals surface area contributed by atoms with Crippen LogP contribution in [0.3, 0.4) is 0 Å². The molecule has 0 radical (unpaired) electrons. The Hall–Kier alpha value is -1.13. The SMILES string of the molecule is Cc1nc(-c2ccccc2Br)n(C)c1CCN. The Balaban J connectivity index is 2.54. The van der Waals surface area contributed by atoms with E-state index in [0.29, 0.717) is 6.54 Å². The molecule has 2 aromatic rings. The van der Waals surface area contributed by atoms with E-state index in [-0.39, 0.29) is 0 Å². The van der Waals surface area contributed by atoms with Gasteiger partial charge in [0.15, 0.2) is 0 Å². The summed E-state index contributed by atoms with van der Waals surface area (Å²) in [6.45, 7) is 2.68. The summed E-state index contributed by atoms with van der Waals surface area (Å²) >= 11 is 3.56. The molecular weight excluding hydrogens is 278 g/mol. The molecule has 0 unspecified atom stereocenters. The van der Waals surface area contributed by atoms with Crippen molar-refractivity contribution >= 4 is 15.9 Å². The first-order chi connectivity index (χ1) is 8.15. The Morgan fingerprint density at radius 3 is 2.71 bits per heavy atom. The van der Waals surface area contributed by atoms with Crippen molar-refractivity contribution in [2.75, 3.05) is 6.54 Å². The van der Waals surface area contributed by atoms with Crippen LogP contribution in [0.25, 0.3) is 11.4 Å². The molecule has 2 N–H and O–H groups in total. The molecule has 1 heterocycles. The van der Waals surface area contributed by atoms with Crippen molar-refractivity contribution in [1.29, 1.82) is 0 Å². The third-order valence-electron chi connectivity index (χ3n) is 2.91. The fourth-order valence-electron chi connectivity index (χ4n) is 2.04. The van der Waals surface area contributed by atoms with Gasteiger partial charge >= 0.3 is 0 Å². The standard InChI is InChI=1S/C13H16BrN3/c1-9-12(7-8-15)17(2)13(16-9)10-5-3-4-6-11(10)14/h3-6H,7-8,15H2,1-2H3. The van der Waals surface area contributed by atoms with Crippen LogP contribution in [-0.4, -0.2) is 16.1 Å². The molecule has 1 aromatic heterocycles. The van der Waals surface area contributed by atoms with Crippen molar-refractivity contribution in [1.82, 2.24) is 9.55 Å². The molecule has 0 amide bonds. The molecule has 2 rings (SSSR count). The van der Waals surface area contributed by atoms with Gasteiger partial charge in [-0.3, -0.25) is 0 Å². The molecule has 90 valence electrons. The van der Waals surface area contributed by atoms with Crippen molar-refractivity contribution in [3.8, 4) is 11.4 Å². The van der Waals surface area contributed by atoms with E-state index in [4.69, 9.17) is 5.73 Å². The van der Waals surface area contributed by atoms with Crippen LogP contribution in [-0.2, 0) is 13.5 Å². The maximum Gasteiger partial charge on any atom is 0.141 e. The minimum atomic E-state index is 0.649. The highest BCUT2D eigenvalue weighted by atomic mass is 79.9. The molecule has 0 saturated heterocycles. The monoisotopic (exact) mass is 293 g/mol. The summed E-state index contributed by atoms with van der Waals surface area (Å²) < 4.78 is 3.19. The summed E-state index contributed by atoms with van der Waals surface area (Å²) in [6.07, 6.45) is 0.861. The van der Waals surface area contributed by atoms with Gasteiger partial charge in [-0.2, -0.15) is 0 Å². The first-order valence-electron chi connectivity index (χ1n) is 5.62. The highest BCUT2D eigenvalue weighted by Crippen LogP contribution is 2.28. The number of rotatable bonds is 3. The summed E-state index contributed by atoms with van der Waals surface area (Å²) in [4.78, 5) is 4.64. The van der Waals surface area contributed by atoms with Crippen molar-refractivity contribution in [2.45, 2.75) is 13.3 Å². The number of halogens is 1. The number of hydrogen-bond donors (Lipinski definition) is 1. The lowest BCUT2D eigenvalue weighted by Gasteiger charge is -2.07. The lowest BCUT2D eigenvalue weighted by molar-refractivity contribution is 0.805. The molecule has 0 atom stereocenters. The van der Waals surface area contributed by atoms with Crippen LogP contribution in [0.2, 0.25) is 0 Å². The molecule has 0 saturated carbocycles. The largest absolute Gasteiger partial charge is 0.331 e. The van der Waals surface area contributed by atoms with E-state index >= 15 is 0 Å². The van der Waals surface area contributed by atoms with Gasteiger partial charge < -0.3 is 10.3 Å². The van der Waals surface area contributed by atoms with E-state index in [1.165, 1.54) is 5.69 Å². The lowest BCUT2D eigenvalue weighted by atomic mass is 10.2. The Morgan fingerprint density at radius 2 is 2.06 bits per heavy atom. The van der Waals surface area contributed by atoms with Crippen molar-refractivity contribution < 1.29 is 0 Å². The van der Waals surface area contributed by atoms with Gasteiger partial charge in [-0.25, -0.2) is 4.98 Å². The van der Waals surface area contributed by atoms with E-state index in [2.05, 4.69) is 31.5 Å². The first-order valence-corrected chi connectivity index (χ1v) is 6.41. The molecule has 0 aliphatic rings. The fraction of sp³-hybridized carbons (Fsp3) is 0.308. The number of nitrogens with zero attached hydrogens (tertiary/aromatic N) is 2. The van der Waals surface area contributed by atoms with Crippen molar-refractivity contribution in [2.24, 2.45) is 12.8 Å². The number of imidazole rings is 1. The van der Waals surface area contributed by atoms with E-state index in [9.17, 15) is 0 Å². The maximum atomic E-state index is 5.63. The highest BCUT2D eigenvalue weighted by Gasteiger charge is 2.13. The minimum absolute atomic E-state index is 0.649. The third-order valence-corrected chi connectivity index (χ3v) is 3.60. The average molecular weight is 294 g/mol. The molecule has 0 aliphatic carbocycles. The van der Waals surface area contributed by atoms with Crippen LogP contribution >= 0.6 is 15.9 Å². The number of aryl methyl sites for hydroxylation is 1. The maximum absolute atomic E-state index is 5.63. The van der Waals surface area contributed by atoms with Crippen LogP contribution in [0.4, 0.5) is 0 Å². The van der Waals surface area contributed by atoms with Gasteiger partial charge in [0.2, 0.25) is 0 Å². The Kier molecular flexibility index (Phi) is 3.64. The summed E-state index contributed by atoms with van der Waals surface area (Å²) in [6, 6.07) is 8.12. The van der Waals surface area contributed by atoms with E-state index in [1.807, 2.05) is 32.2 Å². The second-order valence-corrected chi connectivity index (χ2v) is 4.90. The molecular formula is C13H16BrN3. The average Bonchev–Trinajstić information content (AvgIpc) is 2.58. The topological polar surface area (TPSA) is 43.8 Å². The highest BCUT2D eigenvalue weighted by molar-refractivity contribution is 9.10. The molecule has 17 heavy (non-hydrogen) atoms. The zero-order chi connectivity index (χ0) is 12.4. The molecule has 1 aromatic carbocycles. The third kappa shape index (κ3) is 2.28. The predicted octanol–water partition coefficient (Wildman–Crippen LogP) is 2.66. The molecule has 0 bridgehead atoms. The van der Waals surface area contributed by atoms with Crippen LogP contribution in [0.5, 0.6) is 0 Å². The van der Waals surface area contributed by atoms with E-state index < -0.39 is 0 Å². The summed E-state index contributed by atoms with van der Waals surface area (Å²) in [7, 11) is 2.04. The number of aromatic nitrogens is 2. The van der Waals surface area contributed by atoms with Crippen molar-refractivity contribution in [3.63, 3.8) is 0 Å². The van der Waals surface area contributed by atoms with Gasteiger partial charge in [-0.15, -0.1) is 0 Å². The van der Waals surface area contributed by atoms with Gasteiger partial charge in [-0.05, 0) is 19.5 Å².